The molecular formula is C18H26BN3O8. The first-order valence-corrected chi connectivity index (χ1v) is 9.25. The van der Waals surface area contributed by atoms with E-state index in [0.717, 1.165) is 0 Å². The summed E-state index contributed by atoms with van der Waals surface area (Å²) in [5, 5.41) is 25.2. The summed E-state index contributed by atoms with van der Waals surface area (Å²) in [6.07, 6.45) is -1.26. The number of primary amides is 1. The van der Waals surface area contributed by atoms with Gasteiger partial charge in [-0.3, -0.25) is 9.59 Å². The van der Waals surface area contributed by atoms with Crippen LogP contribution in [0, 0.1) is 5.41 Å². The van der Waals surface area contributed by atoms with Gasteiger partial charge in [0.2, 0.25) is 5.91 Å². The molecule has 1 aliphatic rings. The zero-order chi connectivity index (χ0) is 22.5. The van der Waals surface area contributed by atoms with Crippen molar-refractivity contribution in [2.75, 3.05) is 13.3 Å². The van der Waals surface area contributed by atoms with E-state index in [-0.39, 0.29) is 24.3 Å². The van der Waals surface area contributed by atoms with Crippen molar-refractivity contribution >= 4 is 25.0 Å². The highest BCUT2D eigenvalue weighted by Gasteiger charge is 2.37. The second-order valence-corrected chi connectivity index (χ2v) is 7.76. The van der Waals surface area contributed by atoms with Crippen molar-refractivity contribution < 1.29 is 38.6 Å². The predicted octanol–water partition coefficient (Wildman–Crippen LogP) is -0.651. The molecule has 2 atom stereocenters. The molecule has 1 aliphatic heterocycles. The fourth-order valence-electron chi connectivity index (χ4n) is 2.65. The van der Waals surface area contributed by atoms with Crippen LogP contribution in [0.5, 0.6) is 5.75 Å². The standard InChI is InChI=1S/C18H26BN3O8/c1-18(2,3)16(25)29-9-28-15(24)11-6-4-5-10-7-12(19(27)30-14(10)11)22-13(23)8-21-17(20)26/h4-6,12,15,24,27H,7-9H2,1-3H3,(H,22,23)(H3,20,21,26)/t12-,15?/m0/s1. The lowest BCUT2D eigenvalue weighted by Gasteiger charge is -2.30. The summed E-state index contributed by atoms with van der Waals surface area (Å²) >= 11 is 0. The van der Waals surface area contributed by atoms with Crippen molar-refractivity contribution in [3.8, 4) is 5.75 Å². The molecular weight excluding hydrogens is 397 g/mol. The Morgan fingerprint density at radius 3 is 2.70 bits per heavy atom. The van der Waals surface area contributed by atoms with E-state index in [1.807, 2.05) is 0 Å². The highest BCUT2D eigenvalue weighted by Crippen LogP contribution is 2.34. The van der Waals surface area contributed by atoms with Crippen LogP contribution in [0.3, 0.4) is 0 Å². The third-order valence-corrected chi connectivity index (χ3v) is 4.21. The number of para-hydroxylation sites is 1. The van der Waals surface area contributed by atoms with Gasteiger partial charge in [-0.1, -0.05) is 18.2 Å². The number of hydrogen-bond acceptors (Lipinski definition) is 8. The summed E-state index contributed by atoms with van der Waals surface area (Å²) in [5.74, 6) is -1.60. The van der Waals surface area contributed by atoms with Gasteiger partial charge in [-0.05, 0) is 32.8 Å². The highest BCUT2D eigenvalue weighted by molar-refractivity contribution is 6.46. The smallest absolute Gasteiger partial charge is 0.534 e. The number of carbonyl (C=O) groups excluding carboxylic acids is 3. The average Bonchev–Trinajstić information content (AvgIpc) is 2.65. The van der Waals surface area contributed by atoms with E-state index >= 15 is 0 Å². The second kappa shape index (κ2) is 9.78. The molecule has 0 aromatic heterocycles. The molecule has 1 heterocycles. The fourth-order valence-corrected chi connectivity index (χ4v) is 2.65. The van der Waals surface area contributed by atoms with Crippen LogP contribution in [0.15, 0.2) is 18.2 Å². The van der Waals surface area contributed by atoms with E-state index < -0.39 is 49.5 Å². The number of nitrogens with one attached hydrogen (secondary N) is 2. The molecule has 1 aromatic carbocycles. The molecule has 0 bridgehead atoms. The monoisotopic (exact) mass is 423 g/mol. The van der Waals surface area contributed by atoms with Crippen molar-refractivity contribution in [3.63, 3.8) is 0 Å². The molecule has 2 rings (SSSR count). The average molecular weight is 423 g/mol. The van der Waals surface area contributed by atoms with Crippen LogP contribution < -0.4 is 21.0 Å². The number of fused-ring (bicyclic) bond motifs is 1. The number of benzene rings is 1. The largest absolute Gasteiger partial charge is 0.547 e. The summed E-state index contributed by atoms with van der Waals surface area (Å²) in [6.45, 7) is 4.26. The molecule has 1 unspecified atom stereocenters. The number of esters is 1. The third kappa shape index (κ3) is 6.34. The van der Waals surface area contributed by atoms with E-state index in [2.05, 4.69) is 10.6 Å². The fraction of sp³-hybridized carbons (Fsp3) is 0.500. The number of urea groups is 1. The van der Waals surface area contributed by atoms with Crippen LogP contribution >= 0.6 is 0 Å². The third-order valence-electron chi connectivity index (χ3n) is 4.21. The van der Waals surface area contributed by atoms with E-state index in [9.17, 15) is 24.5 Å². The van der Waals surface area contributed by atoms with Gasteiger partial charge in [-0.2, -0.15) is 0 Å². The SMILES string of the molecule is CC(C)(C)C(=O)OCOC(O)c1cccc2c1OB(O)[C@@H](NC(=O)CNC(N)=O)C2. The van der Waals surface area contributed by atoms with Crippen molar-refractivity contribution in [2.24, 2.45) is 11.1 Å². The molecule has 0 spiro atoms. The normalized spacial score (nSPS) is 16.7. The summed E-state index contributed by atoms with van der Waals surface area (Å²) in [5.41, 5.74) is 5.05. The van der Waals surface area contributed by atoms with E-state index in [0.29, 0.717) is 5.56 Å². The molecule has 0 saturated carbocycles. The van der Waals surface area contributed by atoms with Gasteiger partial charge in [0.05, 0.1) is 17.9 Å². The number of carbonyl (C=O) groups is 3. The Morgan fingerprint density at radius 1 is 1.37 bits per heavy atom. The molecule has 0 radical (unpaired) electrons. The van der Waals surface area contributed by atoms with Gasteiger partial charge in [0.1, 0.15) is 5.75 Å². The Labute approximate surface area is 174 Å². The summed E-state index contributed by atoms with van der Waals surface area (Å²) in [7, 11) is -1.40. The number of aliphatic hydroxyl groups excluding tert-OH is 1. The summed E-state index contributed by atoms with van der Waals surface area (Å²) in [4.78, 5) is 34.3. The number of aliphatic hydroxyl groups is 1. The zero-order valence-electron chi connectivity index (χ0n) is 17.0. The van der Waals surface area contributed by atoms with Gasteiger partial charge >= 0.3 is 19.1 Å². The molecule has 6 N–H and O–H groups in total. The minimum Gasteiger partial charge on any atom is -0.534 e. The number of nitrogens with two attached hydrogens (primary N) is 1. The quantitative estimate of drug-likeness (QED) is 0.219. The molecule has 11 nitrogen and oxygen atoms in total. The topological polar surface area (TPSA) is 169 Å². The Morgan fingerprint density at radius 2 is 2.07 bits per heavy atom. The number of amides is 3. The van der Waals surface area contributed by atoms with Gasteiger partial charge in [0.15, 0.2) is 13.1 Å². The molecule has 3 amide bonds. The Kier molecular flexibility index (Phi) is 7.65. The van der Waals surface area contributed by atoms with Crippen LogP contribution in [-0.4, -0.2) is 54.4 Å². The van der Waals surface area contributed by atoms with E-state index in [1.165, 1.54) is 6.07 Å². The molecule has 164 valence electrons. The maximum atomic E-state index is 11.8. The van der Waals surface area contributed by atoms with Crippen LogP contribution in [-0.2, 0) is 25.5 Å². The minimum atomic E-state index is -1.47. The van der Waals surface area contributed by atoms with Gasteiger partial charge < -0.3 is 40.6 Å². The Bertz CT molecular complexity index is 798. The zero-order valence-corrected chi connectivity index (χ0v) is 17.0. The maximum Gasteiger partial charge on any atom is 0.547 e. The van der Waals surface area contributed by atoms with Crippen LogP contribution in [0.2, 0.25) is 0 Å². The van der Waals surface area contributed by atoms with E-state index in [1.54, 1.807) is 32.9 Å². The van der Waals surface area contributed by atoms with Gasteiger partial charge in [0, 0.05) is 5.56 Å². The van der Waals surface area contributed by atoms with Gasteiger partial charge in [-0.15, -0.1) is 0 Å². The number of hydrogen-bond donors (Lipinski definition) is 5. The Hall–Kier alpha value is -2.83. The number of rotatable bonds is 7. The second-order valence-electron chi connectivity index (χ2n) is 7.76. The molecule has 30 heavy (non-hydrogen) atoms. The van der Waals surface area contributed by atoms with Crippen molar-refractivity contribution in [2.45, 2.75) is 39.4 Å². The lowest BCUT2D eigenvalue weighted by Crippen LogP contribution is -2.55. The van der Waals surface area contributed by atoms with E-state index in [4.69, 9.17) is 19.9 Å². The van der Waals surface area contributed by atoms with Crippen molar-refractivity contribution in [3.05, 3.63) is 29.3 Å². The molecule has 0 saturated heterocycles. The lowest BCUT2D eigenvalue weighted by atomic mass is 9.72. The van der Waals surface area contributed by atoms with Gasteiger partial charge in [-0.25, -0.2) is 4.79 Å². The first kappa shape index (κ1) is 23.5. The first-order chi connectivity index (χ1) is 14.0. The van der Waals surface area contributed by atoms with Crippen LogP contribution in [0.25, 0.3) is 0 Å². The van der Waals surface area contributed by atoms with Crippen LogP contribution in [0.1, 0.15) is 38.2 Å². The van der Waals surface area contributed by atoms with Crippen molar-refractivity contribution in [1.82, 2.24) is 10.6 Å². The molecule has 12 heteroatoms. The minimum absolute atomic E-state index is 0.207. The van der Waals surface area contributed by atoms with Crippen LogP contribution in [0.4, 0.5) is 4.79 Å². The predicted molar refractivity (Wildman–Crippen MR) is 105 cm³/mol. The lowest BCUT2D eigenvalue weighted by molar-refractivity contribution is -0.193. The molecule has 1 aromatic rings. The molecule has 0 aliphatic carbocycles. The highest BCUT2D eigenvalue weighted by atomic mass is 16.7. The first-order valence-electron chi connectivity index (χ1n) is 9.25. The maximum absolute atomic E-state index is 11.8. The Balaban J connectivity index is 2.00. The summed E-state index contributed by atoms with van der Waals surface area (Å²) in [6, 6.07) is 4.05. The van der Waals surface area contributed by atoms with Crippen molar-refractivity contribution in [1.29, 1.82) is 0 Å². The van der Waals surface area contributed by atoms with Gasteiger partial charge in [0.25, 0.3) is 0 Å². The number of ether oxygens (including phenoxy) is 2. The molecule has 0 fully saturated rings. The summed E-state index contributed by atoms with van der Waals surface area (Å²) < 4.78 is 15.6.